The number of aromatic amines is 1. The maximum atomic E-state index is 11.8. The van der Waals surface area contributed by atoms with Gasteiger partial charge in [0.25, 0.3) is 5.56 Å². The van der Waals surface area contributed by atoms with E-state index in [-0.39, 0.29) is 5.56 Å². The van der Waals surface area contributed by atoms with E-state index >= 15 is 0 Å². The fourth-order valence-electron chi connectivity index (χ4n) is 1.81. The molecule has 2 rings (SSSR count). The second-order valence-electron chi connectivity index (χ2n) is 3.59. The molecule has 1 aliphatic rings. The third kappa shape index (κ3) is 1.60. The van der Waals surface area contributed by atoms with Gasteiger partial charge in [-0.15, -0.1) is 0 Å². The molecule has 5 heteroatoms. The molecule has 0 fully saturated rings. The van der Waals surface area contributed by atoms with Crippen LogP contribution in [0.3, 0.4) is 0 Å². The maximum absolute atomic E-state index is 11.8. The summed E-state index contributed by atoms with van der Waals surface area (Å²) in [5, 5.41) is 6.35. The third-order valence-electron chi connectivity index (χ3n) is 2.58. The van der Waals surface area contributed by atoms with E-state index in [1.54, 1.807) is 4.68 Å². The largest absolute Gasteiger partial charge is 0.330 e. The standard InChI is InChI=1S/C9H16N4O/c10-3-1-5-13-9(14)7-2-4-11-6-8(7)12-13/h11-12H,1-6,10H2. The smallest absolute Gasteiger partial charge is 0.270 e. The summed E-state index contributed by atoms with van der Waals surface area (Å²) in [6.07, 6.45) is 1.67. The molecule has 0 aromatic carbocycles. The first-order chi connectivity index (χ1) is 6.83. The second-order valence-corrected chi connectivity index (χ2v) is 3.59. The van der Waals surface area contributed by atoms with Crippen LogP contribution in [0, 0.1) is 0 Å². The fraction of sp³-hybridized carbons (Fsp3) is 0.667. The lowest BCUT2D eigenvalue weighted by atomic mass is 10.1. The molecule has 14 heavy (non-hydrogen) atoms. The van der Waals surface area contributed by atoms with Crippen LogP contribution in [0.4, 0.5) is 0 Å². The highest BCUT2D eigenvalue weighted by atomic mass is 16.1. The number of nitrogens with two attached hydrogens (primary N) is 1. The van der Waals surface area contributed by atoms with Gasteiger partial charge in [-0.05, 0) is 25.9 Å². The summed E-state index contributed by atoms with van der Waals surface area (Å²) >= 11 is 0. The Balaban J connectivity index is 2.25. The summed E-state index contributed by atoms with van der Waals surface area (Å²) in [4.78, 5) is 11.8. The van der Waals surface area contributed by atoms with Crippen LogP contribution in [-0.2, 0) is 19.5 Å². The predicted molar refractivity (Wildman–Crippen MR) is 54.1 cm³/mol. The number of nitrogens with one attached hydrogen (secondary N) is 2. The van der Waals surface area contributed by atoms with Crippen molar-refractivity contribution >= 4 is 0 Å². The molecule has 0 radical (unpaired) electrons. The van der Waals surface area contributed by atoms with Crippen molar-refractivity contribution in [3.63, 3.8) is 0 Å². The molecule has 0 saturated carbocycles. The lowest BCUT2D eigenvalue weighted by Gasteiger charge is -2.09. The normalized spacial score (nSPS) is 15.5. The molecule has 1 aliphatic heterocycles. The molecule has 5 nitrogen and oxygen atoms in total. The Morgan fingerprint density at radius 3 is 3.07 bits per heavy atom. The zero-order chi connectivity index (χ0) is 9.97. The van der Waals surface area contributed by atoms with Crippen LogP contribution in [0.2, 0.25) is 0 Å². The molecule has 0 atom stereocenters. The molecular formula is C9H16N4O. The molecule has 4 N–H and O–H groups in total. The van der Waals surface area contributed by atoms with Crippen LogP contribution in [0.25, 0.3) is 0 Å². The van der Waals surface area contributed by atoms with Crippen molar-refractivity contribution in [2.45, 2.75) is 25.9 Å². The van der Waals surface area contributed by atoms with E-state index in [9.17, 15) is 4.79 Å². The Kier molecular flexibility index (Phi) is 2.69. The Hall–Kier alpha value is -1.07. The molecule has 78 valence electrons. The Morgan fingerprint density at radius 2 is 2.36 bits per heavy atom. The van der Waals surface area contributed by atoms with Gasteiger partial charge >= 0.3 is 0 Å². The van der Waals surface area contributed by atoms with E-state index in [2.05, 4.69) is 10.4 Å². The summed E-state index contributed by atoms with van der Waals surface area (Å²) in [5.41, 5.74) is 7.53. The zero-order valence-corrected chi connectivity index (χ0v) is 8.18. The van der Waals surface area contributed by atoms with Crippen molar-refractivity contribution in [2.24, 2.45) is 5.73 Å². The minimum atomic E-state index is 0.134. The number of aryl methyl sites for hydroxylation is 1. The molecule has 0 unspecified atom stereocenters. The number of hydrogen-bond donors (Lipinski definition) is 3. The Bertz CT molecular complexity index is 365. The Morgan fingerprint density at radius 1 is 1.50 bits per heavy atom. The molecule has 0 aliphatic carbocycles. The molecule has 0 amide bonds. The van der Waals surface area contributed by atoms with E-state index in [1.807, 2.05) is 0 Å². The lowest BCUT2D eigenvalue weighted by molar-refractivity contribution is 0.558. The van der Waals surface area contributed by atoms with Crippen molar-refractivity contribution in [2.75, 3.05) is 13.1 Å². The van der Waals surface area contributed by atoms with Crippen molar-refractivity contribution in [3.05, 3.63) is 21.6 Å². The van der Waals surface area contributed by atoms with Gasteiger partial charge < -0.3 is 11.1 Å². The SMILES string of the molecule is NCCCn1[nH]c2c(c1=O)CCNC2. The summed E-state index contributed by atoms with van der Waals surface area (Å²) < 4.78 is 1.67. The second kappa shape index (κ2) is 3.98. The molecule has 2 heterocycles. The van der Waals surface area contributed by atoms with Crippen LogP contribution in [0.15, 0.2) is 4.79 Å². The zero-order valence-electron chi connectivity index (χ0n) is 8.18. The molecular weight excluding hydrogens is 180 g/mol. The van der Waals surface area contributed by atoms with Gasteiger partial charge in [-0.1, -0.05) is 0 Å². The minimum Gasteiger partial charge on any atom is -0.330 e. The number of hydrogen-bond acceptors (Lipinski definition) is 3. The maximum Gasteiger partial charge on any atom is 0.270 e. The molecule has 1 aromatic rings. The van der Waals surface area contributed by atoms with Gasteiger partial charge in [0.1, 0.15) is 0 Å². The number of rotatable bonds is 3. The van der Waals surface area contributed by atoms with Gasteiger partial charge in [0, 0.05) is 18.7 Å². The van der Waals surface area contributed by atoms with Crippen LogP contribution < -0.4 is 16.6 Å². The van der Waals surface area contributed by atoms with Crippen molar-refractivity contribution in [3.8, 4) is 0 Å². The summed E-state index contributed by atoms with van der Waals surface area (Å²) in [7, 11) is 0. The number of nitrogens with zero attached hydrogens (tertiary/aromatic N) is 1. The van der Waals surface area contributed by atoms with Crippen LogP contribution in [-0.4, -0.2) is 22.9 Å². The first kappa shape index (κ1) is 9.48. The summed E-state index contributed by atoms with van der Waals surface area (Å²) in [5.74, 6) is 0. The highest BCUT2D eigenvalue weighted by molar-refractivity contribution is 5.19. The topological polar surface area (TPSA) is 75.8 Å². The van der Waals surface area contributed by atoms with Gasteiger partial charge in [0.2, 0.25) is 0 Å². The quantitative estimate of drug-likeness (QED) is 0.590. The van der Waals surface area contributed by atoms with E-state index in [0.29, 0.717) is 13.1 Å². The van der Waals surface area contributed by atoms with Crippen LogP contribution in [0.5, 0.6) is 0 Å². The first-order valence-electron chi connectivity index (χ1n) is 5.04. The van der Waals surface area contributed by atoms with Crippen LogP contribution >= 0.6 is 0 Å². The van der Waals surface area contributed by atoms with Gasteiger partial charge in [-0.25, -0.2) is 0 Å². The average molecular weight is 196 g/mol. The van der Waals surface area contributed by atoms with Gasteiger partial charge in [-0.2, -0.15) is 0 Å². The third-order valence-corrected chi connectivity index (χ3v) is 2.58. The Labute approximate surface area is 82.3 Å². The summed E-state index contributed by atoms with van der Waals surface area (Å²) in [6.45, 7) is 2.99. The van der Waals surface area contributed by atoms with Crippen molar-refractivity contribution in [1.29, 1.82) is 0 Å². The van der Waals surface area contributed by atoms with E-state index in [4.69, 9.17) is 5.73 Å². The highest BCUT2D eigenvalue weighted by Gasteiger charge is 2.16. The van der Waals surface area contributed by atoms with Crippen LogP contribution in [0.1, 0.15) is 17.7 Å². The van der Waals surface area contributed by atoms with E-state index in [0.717, 1.165) is 37.2 Å². The van der Waals surface area contributed by atoms with E-state index in [1.165, 1.54) is 0 Å². The minimum absolute atomic E-state index is 0.134. The highest BCUT2D eigenvalue weighted by Crippen LogP contribution is 2.06. The fourth-order valence-corrected chi connectivity index (χ4v) is 1.81. The first-order valence-corrected chi connectivity index (χ1v) is 5.04. The van der Waals surface area contributed by atoms with Crippen molar-refractivity contribution in [1.82, 2.24) is 15.1 Å². The average Bonchev–Trinajstić information content (AvgIpc) is 2.54. The molecule has 1 aromatic heterocycles. The van der Waals surface area contributed by atoms with Gasteiger partial charge in [0.05, 0.1) is 5.69 Å². The monoisotopic (exact) mass is 196 g/mol. The number of fused-ring (bicyclic) bond motifs is 1. The van der Waals surface area contributed by atoms with Gasteiger partial charge in [0.15, 0.2) is 0 Å². The molecule has 0 spiro atoms. The summed E-state index contributed by atoms with van der Waals surface area (Å²) in [6, 6.07) is 0. The number of aromatic nitrogens is 2. The molecule has 0 saturated heterocycles. The van der Waals surface area contributed by atoms with E-state index < -0.39 is 0 Å². The van der Waals surface area contributed by atoms with Crippen molar-refractivity contribution < 1.29 is 0 Å². The number of H-pyrrole nitrogens is 1. The molecule has 0 bridgehead atoms. The lowest BCUT2D eigenvalue weighted by Crippen LogP contribution is -2.27. The van der Waals surface area contributed by atoms with Gasteiger partial charge in [-0.3, -0.25) is 14.6 Å². The predicted octanol–water partition coefficient (Wildman–Crippen LogP) is -0.829.